The van der Waals surface area contributed by atoms with Crippen LogP contribution >= 0.6 is 11.6 Å². The van der Waals surface area contributed by atoms with Crippen molar-refractivity contribution in [3.8, 4) is 22.4 Å². The van der Waals surface area contributed by atoms with Gasteiger partial charge in [-0.15, -0.1) is 0 Å². The monoisotopic (exact) mass is 317 g/mol. The van der Waals surface area contributed by atoms with Crippen LogP contribution in [0.3, 0.4) is 0 Å². The van der Waals surface area contributed by atoms with Crippen molar-refractivity contribution in [3.63, 3.8) is 0 Å². The minimum Gasteiger partial charge on any atom is -0.264 e. The van der Waals surface area contributed by atoms with Gasteiger partial charge in [0.2, 0.25) is 5.28 Å². The topological polar surface area (TPSA) is 38.7 Å². The zero-order valence-corrected chi connectivity index (χ0v) is 12.9. The van der Waals surface area contributed by atoms with E-state index in [4.69, 9.17) is 11.6 Å². The lowest BCUT2D eigenvalue weighted by atomic mass is 10.0. The molecule has 23 heavy (non-hydrogen) atoms. The Morgan fingerprint density at radius 3 is 2.17 bits per heavy atom. The first-order valence-electron chi connectivity index (χ1n) is 7.24. The first-order chi connectivity index (χ1) is 11.3. The zero-order chi connectivity index (χ0) is 15.6. The number of halogens is 1. The molecule has 4 aromatic rings. The number of hydrogen-bond acceptors (Lipinski definition) is 3. The second kappa shape index (κ2) is 5.78. The maximum atomic E-state index is 6.06. The SMILES string of the molecule is Clc1nc(-c2ccc(-c3ccccc3)cc2)c2cnccc2n1. The molecule has 4 heteroatoms. The highest BCUT2D eigenvalue weighted by atomic mass is 35.5. The summed E-state index contributed by atoms with van der Waals surface area (Å²) >= 11 is 6.06. The average molecular weight is 318 g/mol. The minimum absolute atomic E-state index is 0.242. The zero-order valence-electron chi connectivity index (χ0n) is 12.1. The van der Waals surface area contributed by atoms with Gasteiger partial charge in [0.25, 0.3) is 0 Å². The molecule has 0 saturated heterocycles. The molecule has 0 aliphatic rings. The van der Waals surface area contributed by atoms with E-state index >= 15 is 0 Å². The van der Waals surface area contributed by atoms with Gasteiger partial charge in [-0.2, -0.15) is 0 Å². The Balaban J connectivity index is 1.83. The van der Waals surface area contributed by atoms with Crippen LogP contribution in [0, 0.1) is 0 Å². The van der Waals surface area contributed by atoms with Crippen LogP contribution in [0.4, 0.5) is 0 Å². The fraction of sp³-hybridized carbons (Fsp3) is 0. The molecule has 0 saturated carbocycles. The molecular formula is C19H12ClN3. The van der Waals surface area contributed by atoms with Crippen molar-refractivity contribution in [1.29, 1.82) is 0 Å². The minimum atomic E-state index is 0.242. The maximum absolute atomic E-state index is 6.06. The molecule has 0 N–H and O–H groups in total. The van der Waals surface area contributed by atoms with Crippen LogP contribution in [0.2, 0.25) is 5.28 Å². The standard InChI is InChI=1S/C19H12ClN3/c20-19-22-17-10-11-21-12-16(17)18(23-19)15-8-6-14(7-9-15)13-4-2-1-3-5-13/h1-12H. The third-order valence-corrected chi connectivity index (χ3v) is 3.90. The van der Waals surface area contributed by atoms with E-state index in [1.807, 2.05) is 36.4 Å². The predicted octanol–water partition coefficient (Wildman–Crippen LogP) is 5.01. The van der Waals surface area contributed by atoms with E-state index in [-0.39, 0.29) is 5.28 Å². The molecule has 4 rings (SSSR count). The lowest BCUT2D eigenvalue weighted by molar-refractivity contribution is 1.21. The van der Waals surface area contributed by atoms with E-state index in [1.54, 1.807) is 12.4 Å². The Bertz CT molecular complexity index is 967. The molecule has 0 aliphatic carbocycles. The number of benzene rings is 2. The number of nitrogens with zero attached hydrogens (tertiary/aromatic N) is 3. The summed E-state index contributed by atoms with van der Waals surface area (Å²) in [7, 11) is 0. The molecule has 0 amide bonds. The first kappa shape index (κ1) is 13.9. The molecule has 110 valence electrons. The highest BCUT2D eigenvalue weighted by Gasteiger charge is 2.09. The van der Waals surface area contributed by atoms with Crippen molar-refractivity contribution in [1.82, 2.24) is 15.0 Å². The molecule has 0 bridgehead atoms. The van der Waals surface area contributed by atoms with Crippen LogP contribution in [-0.4, -0.2) is 15.0 Å². The van der Waals surface area contributed by atoms with Gasteiger partial charge in [0.1, 0.15) is 0 Å². The number of fused-ring (bicyclic) bond motifs is 1. The van der Waals surface area contributed by atoms with Crippen LogP contribution in [0.5, 0.6) is 0 Å². The van der Waals surface area contributed by atoms with Crippen molar-refractivity contribution in [2.45, 2.75) is 0 Å². The molecule has 0 fully saturated rings. The van der Waals surface area contributed by atoms with E-state index in [0.29, 0.717) is 0 Å². The fourth-order valence-corrected chi connectivity index (χ4v) is 2.79. The van der Waals surface area contributed by atoms with Crippen LogP contribution in [0.15, 0.2) is 73.1 Å². The van der Waals surface area contributed by atoms with E-state index in [2.05, 4.69) is 39.2 Å². The first-order valence-corrected chi connectivity index (χ1v) is 7.62. The smallest absolute Gasteiger partial charge is 0.223 e. The molecule has 2 aromatic heterocycles. The summed E-state index contributed by atoms with van der Waals surface area (Å²) in [5.74, 6) is 0. The summed E-state index contributed by atoms with van der Waals surface area (Å²) in [6.45, 7) is 0. The van der Waals surface area contributed by atoms with Crippen molar-refractivity contribution in [2.75, 3.05) is 0 Å². The third-order valence-electron chi connectivity index (χ3n) is 3.74. The van der Waals surface area contributed by atoms with Crippen molar-refractivity contribution in [3.05, 3.63) is 78.3 Å². The van der Waals surface area contributed by atoms with Crippen LogP contribution in [0.1, 0.15) is 0 Å². The summed E-state index contributed by atoms with van der Waals surface area (Å²) in [6, 6.07) is 20.4. The largest absolute Gasteiger partial charge is 0.264 e. The van der Waals surface area contributed by atoms with Crippen LogP contribution < -0.4 is 0 Å². The Kier molecular flexibility index (Phi) is 3.48. The Morgan fingerprint density at radius 1 is 0.696 bits per heavy atom. The highest BCUT2D eigenvalue weighted by Crippen LogP contribution is 2.28. The summed E-state index contributed by atoms with van der Waals surface area (Å²) in [6.07, 6.45) is 3.47. The highest BCUT2D eigenvalue weighted by molar-refractivity contribution is 6.28. The lowest BCUT2D eigenvalue weighted by Crippen LogP contribution is -1.92. The van der Waals surface area contributed by atoms with Gasteiger partial charge in [0.05, 0.1) is 11.2 Å². The summed E-state index contributed by atoms with van der Waals surface area (Å²) in [4.78, 5) is 12.8. The third kappa shape index (κ3) is 2.67. The molecule has 2 heterocycles. The Labute approximate surface area is 138 Å². The van der Waals surface area contributed by atoms with Gasteiger partial charge in [0, 0.05) is 23.3 Å². The number of aromatic nitrogens is 3. The van der Waals surface area contributed by atoms with E-state index in [0.717, 1.165) is 27.7 Å². The van der Waals surface area contributed by atoms with Gasteiger partial charge >= 0.3 is 0 Å². The number of rotatable bonds is 2. The predicted molar refractivity (Wildman–Crippen MR) is 93.2 cm³/mol. The van der Waals surface area contributed by atoms with Crippen molar-refractivity contribution in [2.24, 2.45) is 0 Å². The molecule has 0 spiro atoms. The molecule has 3 nitrogen and oxygen atoms in total. The summed E-state index contributed by atoms with van der Waals surface area (Å²) in [5, 5.41) is 1.13. The van der Waals surface area contributed by atoms with Gasteiger partial charge in [-0.25, -0.2) is 9.97 Å². The second-order valence-electron chi connectivity index (χ2n) is 5.18. The normalized spacial score (nSPS) is 10.8. The van der Waals surface area contributed by atoms with Gasteiger partial charge in [-0.3, -0.25) is 4.98 Å². The van der Waals surface area contributed by atoms with E-state index in [1.165, 1.54) is 5.56 Å². The molecule has 0 unspecified atom stereocenters. The van der Waals surface area contributed by atoms with Gasteiger partial charge in [-0.05, 0) is 28.8 Å². The summed E-state index contributed by atoms with van der Waals surface area (Å²) < 4.78 is 0. The number of hydrogen-bond donors (Lipinski definition) is 0. The van der Waals surface area contributed by atoms with Gasteiger partial charge in [-0.1, -0.05) is 54.6 Å². The maximum Gasteiger partial charge on any atom is 0.223 e. The van der Waals surface area contributed by atoms with E-state index < -0.39 is 0 Å². The van der Waals surface area contributed by atoms with Gasteiger partial charge < -0.3 is 0 Å². The molecule has 0 atom stereocenters. The number of pyridine rings is 1. The molecule has 0 aliphatic heterocycles. The van der Waals surface area contributed by atoms with Crippen molar-refractivity contribution >= 4 is 22.5 Å². The molecular weight excluding hydrogens is 306 g/mol. The summed E-state index contributed by atoms with van der Waals surface area (Å²) in [5.41, 5.74) is 4.94. The quantitative estimate of drug-likeness (QED) is 0.488. The fourth-order valence-electron chi connectivity index (χ4n) is 2.62. The molecule has 2 aromatic carbocycles. The van der Waals surface area contributed by atoms with E-state index in [9.17, 15) is 0 Å². The molecule has 0 radical (unpaired) electrons. The average Bonchev–Trinajstić information content (AvgIpc) is 2.62. The Hall–Kier alpha value is -2.78. The van der Waals surface area contributed by atoms with Gasteiger partial charge in [0.15, 0.2) is 0 Å². The second-order valence-corrected chi connectivity index (χ2v) is 5.52. The van der Waals surface area contributed by atoms with Crippen LogP contribution in [-0.2, 0) is 0 Å². The van der Waals surface area contributed by atoms with Crippen molar-refractivity contribution < 1.29 is 0 Å². The Morgan fingerprint density at radius 2 is 1.39 bits per heavy atom. The lowest BCUT2D eigenvalue weighted by Gasteiger charge is -2.07. The van der Waals surface area contributed by atoms with Crippen LogP contribution in [0.25, 0.3) is 33.3 Å².